The molecule has 1 aromatic heterocycles. The summed E-state index contributed by atoms with van der Waals surface area (Å²) in [6.45, 7) is -0.202. The smallest absolute Gasteiger partial charge is 0.156 e. The number of rotatable bonds is 3. The van der Waals surface area contributed by atoms with Crippen LogP contribution >= 0.6 is 0 Å². The molecule has 1 heterocycles. The van der Waals surface area contributed by atoms with Crippen LogP contribution in [-0.4, -0.2) is 26.1 Å². The highest BCUT2D eigenvalue weighted by Gasteiger charge is 2.08. The second kappa shape index (κ2) is 5.14. The fraction of sp³-hybridized carbons (Fsp3) is 0.0667. The highest BCUT2D eigenvalue weighted by Crippen LogP contribution is 2.17. The summed E-state index contributed by atoms with van der Waals surface area (Å²) >= 11 is 0. The van der Waals surface area contributed by atoms with Crippen LogP contribution in [0.5, 0.6) is 5.75 Å². The van der Waals surface area contributed by atoms with Crippen LogP contribution in [0, 0.1) is 0 Å². The first-order chi connectivity index (χ1) is 9.79. The summed E-state index contributed by atoms with van der Waals surface area (Å²) in [4.78, 5) is 4.30. The normalized spacial score (nSPS) is 11.4. The Morgan fingerprint density at radius 1 is 1.10 bits per heavy atom. The first-order valence-electron chi connectivity index (χ1n) is 6.19. The molecule has 5 nitrogen and oxygen atoms in total. The minimum absolute atomic E-state index is 0.159. The van der Waals surface area contributed by atoms with Gasteiger partial charge in [0, 0.05) is 5.56 Å². The molecule has 0 spiro atoms. The van der Waals surface area contributed by atoms with Crippen molar-refractivity contribution in [2.24, 2.45) is 5.10 Å². The average Bonchev–Trinajstić information content (AvgIpc) is 2.84. The maximum absolute atomic E-state index is 9.71. The number of phenols is 1. The van der Waals surface area contributed by atoms with Crippen molar-refractivity contribution in [2.45, 2.75) is 6.61 Å². The van der Waals surface area contributed by atoms with Crippen LogP contribution < -0.4 is 0 Å². The molecule has 0 aliphatic carbocycles. The molecule has 2 aromatic carbocycles. The lowest BCUT2D eigenvalue weighted by atomic mass is 10.2. The zero-order valence-corrected chi connectivity index (χ0v) is 10.6. The standard InChI is InChI=1S/C15H13N3O2/c19-10-15-17-12-6-2-3-7-13(12)18(15)16-9-11-5-1-4-8-14(11)20/h1-9,19-20H,10H2/b16-9+. The predicted molar refractivity (Wildman–Crippen MR) is 76.8 cm³/mol. The molecule has 0 radical (unpaired) electrons. The Hall–Kier alpha value is -2.66. The van der Waals surface area contributed by atoms with Gasteiger partial charge in [0.25, 0.3) is 0 Å². The van der Waals surface area contributed by atoms with Gasteiger partial charge in [0.1, 0.15) is 12.4 Å². The van der Waals surface area contributed by atoms with Gasteiger partial charge in [-0.2, -0.15) is 5.10 Å². The Kier molecular flexibility index (Phi) is 3.18. The minimum Gasteiger partial charge on any atom is -0.507 e. The van der Waals surface area contributed by atoms with E-state index in [9.17, 15) is 10.2 Å². The molecular formula is C15H13N3O2. The molecule has 0 aliphatic heterocycles. The number of hydrogen-bond donors (Lipinski definition) is 2. The summed E-state index contributed by atoms with van der Waals surface area (Å²) in [5.74, 6) is 0.615. The van der Waals surface area contributed by atoms with Gasteiger partial charge in [-0.25, -0.2) is 9.66 Å². The van der Waals surface area contributed by atoms with E-state index in [-0.39, 0.29) is 12.4 Å². The van der Waals surface area contributed by atoms with E-state index in [4.69, 9.17) is 0 Å². The average molecular weight is 267 g/mol. The molecular weight excluding hydrogens is 254 g/mol. The minimum atomic E-state index is -0.202. The monoisotopic (exact) mass is 267 g/mol. The zero-order chi connectivity index (χ0) is 13.9. The quantitative estimate of drug-likeness (QED) is 0.714. The highest BCUT2D eigenvalue weighted by molar-refractivity contribution is 5.84. The van der Waals surface area contributed by atoms with Gasteiger partial charge in [-0.3, -0.25) is 0 Å². The van der Waals surface area contributed by atoms with Gasteiger partial charge in [-0.05, 0) is 24.3 Å². The fourth-order valence-electron chi connectivity index (χ4n) is 2.01. The van der Waals surface area contributed by atoms with Gasteiger partial charge in [0.2, 0.25) is 0 Å². The highest BCUT2D eigenvalue weighted by atomic mass is 16.3. The molecule has 0 fully saturated rings. The van der Waals surface area contributed by atoms with Gasteiger partial charge in [0.05, 0.1) is 17.2 Å². The Morgan fingerprint density at radius 3 is 2.65 bits per heavy atom. The summed E-state index contributed by atoms with van der Waals surface area (Å²) in [6, 6.07) is 14.4. The van der Waals surface area contributed by atoms with Crippen LogP contribution in [0.4, 0.5) is 0 Å². The topological polar surface area (TPSA) is 70.6 Å². The number of para-hydroxylation sites is 3. The van der Waals surface area contributed by atoms with Gasteiger partial charge in [0.15, 0.2) is 5.82 Å². The van der Waals surface area contributed by atoms with Crippen LogP contribution in [0.25, 0.3) is 11.0 Å². The lowest BCUT2D eigenvalue weighted by Gasteiger charge is -2.01. The molecule has 0 saturated carbocycles. The Balaban J connectivity index is 2.08. The maximum Gasteiger partial charge on any atom is 0.156 e. The molecule has 0 bridgehead atoms. The number of imidazole rings is 1. The number of phenolic OH excluding ortho intramolecular Hbond substituents is 1. The Morgan fingerprint density at radius 2 is 1.85 bits per heavy atom. The third-order valence-corrected chi connectivity index (χ3v) is 2.99. The van der Waals surface area contributed by atoms with Crippen LogP contribution in [0.2, 0.25) is 0 Å². The molecule has 0 saturated heterocycles. The number of aliphatic hydroxyl groups is 1. The second-order valence-electron chi connectivity index (χ2n) is 4.29. The molecule has 3 aromatic rings. The first-order valence-corrected chi connectivity index (χ1v) is 6.19. The summed E-state index contributed by atoms with van der Waals surface area (Å²) < 4.78 is 1.57. The Labute approximate surface area is 115 Å². The number of aromatic hydroxyl groups is 1. The fourth-order valence-corrected chi connectivity index (χ4v) is 2.01. The van der Waals surface area contributed by atoms with Crippen molar-refractivity contribution in [3.8, 4) is 5.75 Å². The van der Waals surface area contributed by atoms with Crippen molar-refractivity contribution >= 4 is 17.2 Å². The van der Waals surface area contributed by atoms with E-state index in [0.29, 0.717) is 11.4 Å². The van der Waals surface area contributed by atoms with E-state index in [1.54, 1.807) is 29.1 Å². The number of benzene rings is 2. The predicted octanol–water partition coefficient (Wildman–Crippen LogP) is 2.12. The number of fused-ring (bicyclic) bond motifs is 1. The van der Waals surface area contributed by atoms with E-state index in [1.807, 2.05) is 30.3 Å². The van der Waals surface area contributed by atoms with Crippen molar-refractivity contribution < 1.29 is 10.2 Å². The third-order valence-electron chi connectivity index (χ3n) is 2.99. The molecule has 0 unspecified atom stereocenters. The van der Waals surface area contributed by atoms with E-state index >= 15 is 0 Å². The molecule has 0 aliphatic rings. The van der Waals surface area contributed by atoms with E-state index in [1.165, 1.54) is 0 Å². The molecule has 20 heavy (non-hydrogen) atoms. The summed E-state index contributed by atoms with van der Waals surface area (Å²) in [6.07, 6.45) is 1.54. The molecule has 5 heteroatoms. The van der Waals surface area contributed by atoms with Crippen LogP contribution in [0.1, 0.15) is 11.4 Å². The van der Waals surface area contributed by atoms with Crippen molar-refractivity contribution in [1.82, 2.24) is 9.66 Å². The zero-order valence-electron chi connectivity index (χ0n) is 10.6. The van der Waals surface area contributed by atoms with Gasteiger partial charge < -0.3 is 10.2 Å². The molecule has 2 N–H and O–H groups in total. The van der Waals surface area contributed by atoms with Crippen molar-refractivity contribution in [1.29, 1.82) is 0 Å². The lowest BCUT2D eigenvalue weighted by Crippen LogP contribution is -1.98. The summed E-state index contributed by atoms with van der Waals surface area (Å²) in [7, 11) is 0. The van der Waals surface area contributed by atoms with E-state index in [2.05, 4.69) is 10.1 Å². The number of aromatic nitrogens is 2. The second-order valence-corrected chi connectivity index (χ2v) is 4.29. The van der Waals surface area contributed by atoms with Crippen molar-refractivity contribution in [2.75, 3.05) is 0 Å². The van der Waals surface area contributed by atoms with Crippen molar-refractivity contribution in [3.05, 3.63) is 59.9 Å². The van der Waals surface area contributed by atoms with Gasteiger partial charge in [-0.1, -0.05) is 24.3 Å². The third kappa shape index (κ3) is 2.15. The SMILES string of the molecule is OCc1nc2ccccc2n1/N=C/c1ccccc1O. The first kappa shape index (κ1) is 12.4. The van der Waals surface area contributed by atoms with Gasteiger partial charge >= 0.3 is 0 Å². The Bertz CT molecular complexity index is 778. The summed E-state index contributed by atoms with van der Waals surface area (Å²) in [5, 5.41) is 23.4. The van der Waals surface area contributed by atoms with Crippen LogP contribution in [0.3, 0.4) is 0 Å². The molecule has 0 atom stereocenters. The lowest BCUT2D eigenvalue weighted by molar-refractivity contribution is 0.267. The molecule has 100 valence electrons. The summed E-state index contributed by atoms with van der Waals surface area (Å²) in [5.41, 5.74) is 2.18. The molecule has 0 amide bonds. The number of aliphatic hydroxyl groups excluding tert-OH is 1. The maximum atomic E-state index is 9.71. The largest absolute Gasteiger partial charge is 0.507 e. The van der Waals surface area contributed by atoms with E-state index in [0.717, 1.165) is 11.0 Å². The van der Waals surface area contributed by atoms with Gasteiger partial charge in [-0.15, -0.1) is 0 Å². The van der Waals surface area contributed by atoms with E-state index < -0.39 is 0 Å². The van der Waals surface area contributed by atoms with Crippen molar-refractivity contribution in [3.63, 3.8) is 0 Å². The van der Waals surface area contributed by atoms with Crippen LogP contribution in [-0.2, 0) is 6.61 Å². The molecule has 3 rings (SSSR count). The number of nitrogens with zero attached hydrogens (tertiary/aromatic N) is 3. The number of hydrogen-bond acceptors (Lipinski definition) is 4. The van der Waals surface area contributed by atoms with Crippen LogP contribution in [0.15, 0.2) is 53.6 Å².